The Labute approximate surface area is 122 Å². The molecule has 1 aromatic carbocycles. The van der Waals surface area contributed by atoms with Gasteiger partial charge in [-0.05, 0) is 61.1 Å². The third kappa shape index (κ3) is 2.07. The highest BCUT2D eigenvalue weighted by molar-refractivity contribution is 5.93. The molecule has 0 heterocycles. The zero-order valence-corrected chi connectivity index (χ0v) is 11.6. The average molecular weight is 286 g/mol. The number of rotatable bonds is 3. The Morgan fingerprint density at radius 2 is 1.86 bits per heavy atom. The highest BCUT2D eigenvalue weighted by Gasteiger charge is 2.65. The van der Waals surface area contributed by atoms with Crippen molar-refractivity contribution in [2.75, 3.05) is 5.32 Å². The van der Waals surface area contributed by atoms with E-state index in [1.54, 1.807) is 12.1 Å². The monoisotopic (exact) mass is 286 g/mol. The maximum absolute atomic E-state index is 12.0. The highest BCUT2D eigenvalue weighted by atomic mass is 16.4. The summed E-state index contributed by atoms with van der Waals surface area (Å²) < 4.78 is 0. The van der Waals surface area contributed by atoms with Gasteiger partial charge in [-0.25, -0.2) is 9.59 Å². The summed E-state index contributed by atoms with van der Waals surface area (Å²) in [5.41, 5.74) is 0.690. The maximum Gasteiger partial charge on any atom is 0.335 e. The normalized spacial score (nSPS) is 35.1. The van der Waals surface area contributed by atoms with Crippen molar-refractivity contribution in [2.45, 2.75) is 25.3 Å². The number of fused-ring (bicyclic) bond motifs is 5. The number of benzene rings is 1. The summed E-state index contributed by atoms with van der Waals surface area (Å²) >= 11 is 0. The predicted octanol–water partition coefficient (Wildman–Crippen LogP) is 2.55. The molecular formula is C16H18N2O3. The van der Waals surface area contributed by atoms with E-state index in [4.69, 9.17) is 5.11 Å². The van der Waals surface area contributed by atoms with E-state index in [-0.39, 0.29) is 11.6 Å². The van der Waals surface area contributed by atoms with Crippen LogP contribution < -0.4 is 10.6 Å². The second-order valence-corrected chi connectivity index (χ2v) is 6.50. The molecule has 3 aliphatic carbocycles. The number of aromatic carboxylic acids is 1. The number of carboxylic acid groups (broad SMARTS) is 1. The van der Waals surface area contributed by atoms with Gasteiger partial charge in [0.25, 0.3) is 0 Å². The third-order valence-electron chi connectivity index (χ3n) is 5.40. The van der Waals surface area contributed by atoms with Gasteiger partial charge in [-0.1, -0.05) is 6.07 Å². The lowest BCUT2D eigenvalue weighted by atomic mass is 10.0. The van der Waals surface area contributed by atoms with E-state index in [2.05, 4.69) is 10.6 Å². The minimum Gasteiger partial charge on any atom is -0.478 e. The molecule has 4 unspecified atom stereocenters. The van der Waals surface area contributed by atoms with Crippen molar-refractivity contribution in [3.05, 3.63) is 29.8 Å². The zero-order chi connectivity index (χ0) is 14.6. The molecule has 0 spiro atoms. The number of hydrogen-bond acceptors (Lipinski definition) is 2. The fourth-order valence-corrected chi connectivity index (χ4v) is 4.57. The Morgan fingerprint density at radius 1 is 1.14 bits per heavy atom. The number of hydrogen-bond donors (Lipinski definition) is 3. The third-order valence-corrected chi connectivity index (χ3v) is 5.40. The Bertz CT molecular complexity index is 599. The number of anilines is 1. The highest BCUT2D eigenvalue weighted by Crippen LogP contribution is 2.65. The first-order valence-electron chi connectivity index (χ1n) is 7.54. The van der Waals surface area contributed by atoms with Crippen molar-refractivity contribution in [1.82, 2.24) is 5.32 Å². The van der Waals surface area contributed by atoms with E-state index in [1.165, 1.54) is 31.4 Å². The summed E-state index contributed by atoms with van der Waals surface area (Å²) in [4.78, 5) is 22.9. The first-order chi connectivity index (χ1) is 10.1. The number of nitrogens with one attached hydrogen (secondary N) is 2. The average Bonchev–Trinajstić information content (AvgIpc) is 2.84. The molecule has 3 saturated carbocycles. The molecule has 3 fully saturated rings. The number of carboxylic acids is 1. The van der Waals surface area contributed by atoms with Crippen molar-refractivity contribution in [2.24, 2.45) is 23.7 Å². The van der Waals surface area contributed by atoms with E-state index in [0.717, 1.165) is 11.8 Å². The van der Waals surface area contributed by atoms with Crippen LogP contribution in [0.4, 0.5) is 10.5 Å². The second kappa shape index (κ2) is 4.48. The molecule has 5 heteroatoms. The van der Waals surface area contributed by atoms with E-state index < -0.39 is 5.97 Å². The largest absolute Gasteiger partial charge is 0.478 e. The molecule has 4 rings (SSSR count). The van der Waals surface area contributed by atoms with E-state index in [9.17, 15) is 9.59 Å². The van der Waals surface area contributed by atoms with Crippen LogP contribution in [0.25, 0.3) is 0 Å². The van der Waals surface area contributed by atoms with Crippen LogP contribution in [0, 0.1) is 23.7 Å². The summed E-state index contributed by atoms with van der Waals surface area (Å²) in [5, 5.41) is 14.7. The molecule has 5 nitrogen and oxygen atoms in total. The molecule has 3 aliphatic rings. The molecule has 110 valence electrons. The van der Waals surface area contributed by atoms with Gasteiger partial charge in [0.1, 0.15) is 0 Å². The van der Waals surface area contributed by atoms with Crippen LogP contribution in [0.3, 0.4) is 0 Å². The van der Waals surface area contributed by atoms with Gasteiger partial charge in [0, 0.05) is 11.7 Å². The fourth-order valence-electron chi connectivity index (χ4n) is 4.57. The van der Waals surface area contributed by atoms with Crippen molar-refractivity contribution in [3.63, 3.8) is 0 Å². The van der Waals surface area contributed by atoms with Crippen LogP contribution in [0.5, 0.6) is 0 Å². The van der Waals surface area contributed by atoms with Crippen LogP contribution in [0.15, 0.2) is 24.3 Å². The Hall–Kier alpha value is -2.04. The number of urea groups is 1. The Morgan fingerprint density at radius 3 is 2.52 bits per heavy atom. The first kappa shape index (κ1) is 12.7. The van der Waals surface area contributed by atoms with Crippen LogP contribution in [-0.2, 0) is 0 Å². The maximum atomic E-state index is 12.0. The summed E-state index contributed by atoms with van der Waals surface area (Å²) in [5.74, 6) is 2.04. The van der Waals surface area contributed by atoms with Gasteiger partial charge in [-0.15, -0.1) is 0 Å². The Kier molecular flexibility index (Phi) is 2.71. The van der Waals surface area contributed by atoms with Gasteiger partial charge >= 0.3 is 12.0 Å². The number of carbonyl (C=O) groups is 2. The van der Waals surface area contributed by atoms with Crippen LogP contribution in [0.2, 0.25) is 0 Å². The minimum atomic E-state index is -0.993. The quantitative estimate of drug-likeness (QED) is 0.799. The molecular weight excluding hydrogens is 268 g/mol. The molecule has 4 atom stereocenters. The molecule has 0 radical (unpaired) electrons. The molecule has 0 aromatic heterocycles. The lowest BCUT2D eigenvalue weighted by Gasteiger charge is -2.12. The van der Waals surface area contributed by atoms with E-state index in [1.807, 2.05) is 0 Å². The minimum absolute atomic E-state index is 0.175. The summed E-state index contributed by atoms with van der Waals surface area (Å²) in [6.45, 7) is 0. The molecule has 2 bridgehead atoms. The fraction of sp³-hybridized carbons (Fsp3) is 0.500. The molecule has 0 saturated heterocycles. The van der Waals surface area contributed by atoms with Crippen LogP contribution >= 0.6 is 0 Å². The molecule has 0 aliphatic heterocycles. The van der Waals surface area contributed by atoms with Crippen molar-refractivity contribution >= 4 is 17.7 Å². The van der Waals surface area contributed by atoms with Crippen LogP contribution in [-0.4, -0.2) is 23.1 Å². The Balaban J connectivity index is 1.37. The van der Waals surface area contributed by atoms with Gasteiger partial charge in [0.15, 0.2) is 0 Å². The molecule has 3 N–H and O–H groups in total. The number of amides is 2. The predicted molar refractivity (Wildman–Crippen MR) is 77.2 cm³/mol. The molecule has 21 heavy (non-hydrogen) atoms. The van der Waals surface area contributed by atoms with Gasteiger partial charge in [0.05, 0.1) is 5.56 Å². The van der Waals surface area contributed by atoms with Gasteiger partial charge in [0.2, 0.25) is 0 Å². The lowest BCUT2D eigenvalue weighted by Crippen LogP contribution is -2.33. The van der Waals surface area contributed by atoms with Crippen LogP contribution in [0.1, 0.15) is 29.6 Å². The number of carbonyl (C=O) groups excluding carboxylic acids is 1. The van der Waals surface area contributed by atoms with Gasteiger partial charge in [-0.3, -0.25) is 0 Å². The second-order valence-electron chi connectivity index (χ2n) is 6.50. The van der Waals surface area contributed by atoms with Gasteiger partial charge in [-0.2, -0.15) is 0 Å². The van der Waals surface area contributed by atoms with E-state index >= 15 is 0 Å². The summed E-state index contributed by atoms with van der Waals surface area (Å²) in [6, 6.07) is 6.41. The zero-order valence-electron chi connectivity index (χ0n) is 11.6. The van der Waals surface area contributed by atoms with Crippen molar-refractivity contribution in [1.29, 1.82) is 0 Å². The van der Waals surface area contributed by atoms with Crippen molar-refractivity contribution in [3.8, 4) is 0 Å². The SMILES string of the molecule is O=C(Nc1cccc(C(=O)O)c1)NC1C2C3CCC(C3)C12. The first-order valence-corrected chi connectivity index (χ1v) is 7.54. The molecule has 1 aromatic rings. The van der Waals surface area contributed by atoms with Gasteiger partial charge < -0.3 is 15.7 Å². The van der Waals surface area contributed by atoms with E-state index in [0.29, 0.717) is 23.6 Å². The lowest BCUT2D eigenvalue weighted by molar-refractivity contribution is 0.0697. The molecule has 2 amide bonds. The smallest absolute Gasteiger partial charge is 0.335 e. The van der Waals surface area contributed by atoms with Crippen molar-refractivity contribution < 1.29 is 14.7 Å². The summed E-state index contributed by atoms with van der Waals surface area (Å²) in [7, 11) is 0. The summed E-state index contributed by atoms with van der Waals surface area (Å²) in [6.07, 6.45) is 4.01. The topological polar surface area (TPSA) is 78.4 Å². The standard InChI is InChI=1S/C16H18N2O3/c19-15(20)10-2-1-3-11(7-10)17-16(21)18-14-12-8-4-5-9(6-8)13(12)14/h1-3,7-9,12-14H,4-6H2,(H,19,20)(H2,17,18,21).